The average Bonchev–Trinajstić information content (AvgIpc) is 3.37. The highest BCUT2D eigenvalue weighted by atomic mass is 16.5. The maximum Gasteiger partial charge on any atom is 0.317 e. The first-order valence-electron chi connectivity index (χ1n) is 9.45. The Bertz CT molecular complexity index is 803. The van der Waals surface area contributed by atoms with Crippen molar-refractivity contribution in [2.75, 3.05) is 27.3 Å². The number of nitrogens with one attached hydrogen (secondary N) is 3. The van der Waals surface area contributed by atoms with Gasteiger partial charge in [0.25, 0.3) is 0 Å². The lowest BCUT2D eigenvalue weighted by Gasteiger charge is -2.31. The lowest BCUT2D eigenvalue weighted by Crippen LogP contribution is -2.45. The van der Waals surface area contributed by atoms with E-state index in [4.69, 9.17) is 4.74 Å². The quantitative estimate of drug-likeness (QED) is 0.613. The number of imidazole rings is 1. The van der Waals surface area contributed by atoms with Gasteiger partial charge in [-0.3, -0.25) is 0 Å². The molecule has 0 aliphatic heterocycles. The number of carbonyl (C=O) groups is 1. The summed E-state index contributed by atoms with van der Waals surface area (Å²) in [6, 6.07) is 2.44. The van der Waals surface area contributed by atoms with Crippen molar-refractivity contribution in [2.24, 2.45) is 0 Å². The summed E-state index contributed by atoms with van der Waals surface area (Å²) in [5, 5.41) is 3.91. The fourth-order valence-electron chi connectivity index (χ4n) is 3.42. The number of amides is 2. The molecule has 1 fully saturated rings. The predicted octanol–water partition coefficient (Wildman–Crippen LogP) is 3.05. The molecule has 2 amide bonds. The third kappa shape index (κ3) is 4.77. The van der Waals surface area contributed by atoms with E-state index in [9.17, 15) is 4.79 Å². The minimum absolute atomic E-state index is 0.0268. The van der Waals surface area contributed by atoms with E-state index < -0.39 is 0 Å². The first kappa shape index (κ1) is 19.2. The molecule has 0 aromatic carbocycles. The van der Waals surface area contributed by atoms with E-state index in [1.807, 2.05) is 24.2 Å². The van der Waals surface area contributed by atoms with Crippen molar-refractivity contribution in [2.45, 2.75) is 38.1 Å². The number of urea groups is 1. The van der Waals surface area contributed by atoms with Gasteiger partial charge in [-0.05, 0) is 18.9 Å². The molecular weight excluding hydrogens is 344 g/mol. The second-order valence-electron chi connectivity index (χ2n) is 6.79. The van der Waals surface area contributed by atoms with Gasteiger partial charge in [-0.1, -0.05) is 19.3 Å². The maximum absolute atomic E-state index is 11.7. The van der Waals surface area contributed by atoms with Crippen molar-refractivity contribution in [3.05, 3.63) is 24.8 Å². The second-order valence-corrected chi connectivity index (χ2v) is 6.79. The van der Waals surface area contributed by atoms with Crippen molar-refractivity contribution < 1.29 is 9.53 Å². The van der Waals surface area contributed by atoms with Gasteiger partial charge in [0, 0.05) is 38.3 Å². The number of aromatic amines is 2. The van der Waals surface area contributed by atoms with Crippen molar-refractivity contribution in [3.8, 4) is 0 Å². The minimum Gasteiger partial charge on any atom is -0.383 e. The number of hydrogen-bond acceptors (Lipinski definition) is 4. The van der Waals surface area contributed by atoms with Gasteiger partial charge in [0.1, 0.15) is 11.2 Å². The van der Waals surface area contributed by atoms with Crippen LogP contribution in [0.2, 0.25) is 0 Å². The number of H-pyrrole nitrogens is 2. The Morgan fingerprint density at radius 2 is 2.11 bits per heavy atom. The molecule has 0 spiro atoms. The highest BCUT2D eigenvalue weighted by molar-refractivity contribution is 6.00. The van der Waals surface area contributed by atoms with E-state index in [0.29, 0.717) is 19.2 Å². The zero-order valence-corrected chi connectivity index (χ0v) is 16.0. The van der Waals surface area contributed by atoms with E-state index >= 15 is 0 Å². The molecule has 0 bridgehead atoms. The summed E-state index contributed by atoms with van der Waals surface area (Å²) < 4.78 is 4.88. The van der Waals surface area contributed by atoms with Gasteiger partial charge in [0.2, 0.25) is 0 Å². The van der Waals surface area contributed by atoms with Crippen molar-refractivity contribution >= 4 is 28.1 Å². The van der Waals surface area contributed by atoms with Crippen molar-refractivity contribution in [1.29, 1.82) is 0 Å². The number of nitrogens with zero attached hydrogens (tertiary/aromatic N) is 3. The smallest absolute Gasteiger partial charge is 0.317 e. The molecule has 0 atom stereocenters. The molecule has 8 heteroatoms. The summed E-state index contributed by atoms with van der Waals surface area (Å²) in [7, 11) is 3.52. The number of fused-ring (bicyclic) bond motifs is 3. The molecule has 146 valence electrons. The van der Waals surface area contributed by atoms with Gasteiger partial charge in [-0.15, -0.1) is 0 Å². The molecule has 1 saturated carbocycles. The fraction of sp³-hybridized carbons (Fsp3) is 0.526. The summed E-state index contributed by atoms with van der Waals surface area (Å²) in [5.74, 6) is 0. The van der Waals surface area contributed by atoms with E-state index in [2.05, 4.69) is 25.3 Å². The van der Waals surface area contributed by atoms with Gasteiger partial charge < -0.3 is 24.9 Å². The van der Waals surface area contributed by atoms with Gasteiger partial charge in [-0.2, -0.15) is 0 Å². The SMILES string of the molecule is COCCNC(=O)N(C)C1CCCCC1.c1nc2c(cnc3[nH]ccc32)[nH]1. The lowest BCUT2D eigenvalue weighted by molar-refractivity contribution is 0.164. The van der Waals surface area contributed by atoms with E-state index in [1.165, 1.54) is 19.3 Å². The second kappa shape index (κ2) is 9.36. The number of carbonyl (C=O) groups excluding carboxylic acids is 1. The third-order valence-electron chi connectivity index (χ3n) is 5.00. The van der Waals surface area contributed by atoms with Gasteiger partial charge in [0.15, 0.2) is 0 Å². The van der Waals surface area contributed by atoms with Gasteiger partial charge in [-0.25, -0.2) is 14.8 Å². The van der Waals surface area contributed by atoms with Crippen LogP contribution in [0.4, 0.5) is 4.79 Å². The van der Waals surface area contributed by atoms with Crippen LogP contribution in [0.3, 0.4) is 0 Å². The molecule has 3 aromatic heterocycles. The fourth-order valence-corrected chi connectivity index (χ4v) is 3.42. The molecule has 0 radical (unpaired) electrons. The number of rotatable bonds is 4. The minimum atomic E-state index is 0.0268. The van der Waals surface area contributed by atoms with Crippen LogP contribution in [0.25, 0.3) is 22.1 Å². The molecule has 3 aromatic rings. The molecule has 3 heterocycles. The highest BCUT2D eigenvalue weighted by Gasteiger charge is 2.21. The summed E-state index contributed by atoms with van der Waals surface area (Å²) in [5.41, 5.74) is 2.83. The lowest BCUT2D eigenvalue weighted by atomic mass is 9.95. The predicted molar refractivity (Wildman–Crippen MR) is 106 cm³/mol. The highest BCUT2D eigenvalue weighted by Crippen LogP contribution is 2.21. The monoisotopic (exact) mass is 372 g/mol. The summed E-state index contributed by atoms with van der Waals surface area (Å²) in [6.45, 7) is 1.16. The van der Waals surface area contributed by atoms with Crippen molar-refractivity contribution in [3.63, 3.8) is 0 Å². The molecule has 4 rings (SSSR count). The van der Waals surface area contributed by atoms with Crippen LogP contribution in [-0.2, 0) is 4.74 Å². The molecule has 27 heavy (non-hydrogen) atoms. The Balaban J connectivity index is 0.000000158. The Morgan fingerprint density at radius 1 is 1.30 bits per heavy atom. The Morgan fingerprint density at radius 3 is 2.89 bits per heavy atom. The molecule has 0 saturated heterocycles. The number of pyridine rings is 1. The van der Waals surface area contributed by atoms with Crippen LogP contribution in [0.1, 0.15) is 32.1 Å². The van der Waals surface area contributed by atoms with Crippen LogP contribution in [0.15, 0.2) is 24.8 Å². The maximum atomic E-state index is 11.7. The van der Waals surface area contributed by atoms with Gasteiger partial charge >= 0.3 is 6.03 Å². The first-order valence-corrected chi connectivity index (χ1v) is 9.45. The standard InChI is InChI=1S/C11H22N2O2.C8H6N4/c1-13(10-6-4-3-5-7-10)11(14)12-8-9-15-2;1-2-9-8-5(1)7-6(3-10-8)11-4-12-7/h10H,3-9H2,1-2H3,(H,12,14);1-4H,(H,9,10)(H,11,12). The molecule has 1 aliphatic rings. The van der Waals surface area contributed by atoms with Crippen LogP contribution in [-0.4, -0.2) is 64.2 Å². The Kier molecular flexibility index (Phi) is 6.64. The molecule has 3 N–H and O–H groups in total. The van der Waals surface area contributed by atoms with E-state index in [1.54, 1.807) is 19.6 Å². The normalized spacial score (nSPS) is 14.7. The van der Waals surface area contributed by atoms with Crippen molar-refractivity contribution in [1.82, 2.24) is 30.2 Å². The first-order chi connectivity index (χ1) is 13.2. The van der Waals surface area contributed by atoms with Crippen LogP contribution < -0.4 is 5.32 Å². The Hall–Kier alpha value is -2.61. The van der Waals surface area contributed by atoms with E-state index in [-0.39, 0.29) is 6.03 Å². The number of aromatic nitrogens is 4. The molecular formula is C19H28N6O2. The molecule has 1 aliphatic carbocycles. The zero-order chi connectivity index (χ0) is 19.1. The van der Waals surface area contributed by atoms with E-state index in [0.717, 1.165) is 34.9 Å². The zero-order valence-electron chi connectivity index (χ0n) is 16.0. The van der Waals surface area contributed by atoms with Gasteiger partial charge in [0.05, 0.1) is 24.6 Å². The Labute approximate surface area is 158 Å². The van der Waals surface area contributed by atoms with Crippen LogP contribution in [0.5, 0.6) is 0 Å². The molecule has 8 nitrogen and oxygen atoms in total. The van der Waals surface area contributed by atoms with Crippen LogP contribution in [0, 0.1) is 0 Å². The summed E-state index contributed by atoms with van der Waals surface area (Å²) in [6.07, 6.45) is 11.4. The largest absolute Gasteiger partial charge is 0.383 e. The van der Waals surface area contributed by atoms with Crippen LogP contribution >= 0.6 is 0 Å². The number of hydrogen-bond donors (Lipinski definition) is 3. The summed E-state index contributed by atoms with van der Waals surface area (Å²) >= 11 is 0. The topological polar surface area (TPSA) is 98.9 Å². The summed E-state index contributed by atoms with van der Waals surface area (Å²) in [4.78, 5) is 28.0. The average molecular weight is 372 g/mol. The number of ether oxygens (including phenoxy) is 1. The molecule has 0 unspecified atom stereocenters. The number of methoxy groups -OCH3 is 1. The third-order valence-corrected chi connectivity index (χ3v) is 5.00.